The Bertz CT molecular complexity index is 450. The van der Waals surface area contributed by atoms with E-state index in [-0.39, 0.29) is 0 Å². The zero-order chi connectivity index (χ0) is 12.2. The zero-order valence-corrected chi connectivity index (χ0v) is 11.0. The van der Waals surface area contributed by atoms with Crippen molar-refractivity contribution in [3.8, 4) is 0 Å². The SMILES string of the molecule is CN1CCc2cc([C@@H]3[C@@H](CN)C3(C)C)ccc21. The van der Waals surface area contributed by atoms with Gasteiger partial charge in [-0.1, -0.05) is 26.0 Å². The molecule has 1 aliphatic heterocycles. The summed E-state index contributed by atoms with van der Waals surface area (Å²) in [6.45, 7) is 6.66. The maximum absolute atomic E-state index is 5.86. The molecule has 0 spiro atoms. The Kier molecular flexibility index (Phi) is 2.27. The molecule has 0 unspecified atom stereocenters. The van der Waals surface area contributed by atoms with Gasteiger partial charge in [-0.2, -0.15) is 0 Å². The van der Waals surface area contributed by atoms with E-state index in [9.17, 15) is 0 Å². The van der Waals surface area contributed by atoms with Gasteiger partial charge in [0, 0.05) is 19.3 Å². The molecule has 1 aromatic rings. The molecule has 0 bridgehead atoms. The minimum absolute atomic E-state index is 0.396. The van der Waals surface area contributed by atoms with Crippen molar-refractivity contribution in [2.75, 3.05) is 25.0 Å². The molecule has 0 saturated heterocycles. The third-order valence-electron chi connectivity index (χ3n) is 4.89. The molecule has 1 aliphatic carbocycles. The van der Waals surface area contributed by atoms with Gasteiger partial charge in [0.15, 0.2) is 0 Å². The van der Waals surface area contributed by atoms with Crippen molar-refractivity contribution in [3.05, 3.63) is 29.3 Å². The average Bonchev–Trinajstić information content (AvgIpc) is 2.66. The van der Waals surface area contributed by atoms with E-state index in [1.807, 2.05) is 0 Å². The van der Waals surface area contributed by atoms with Crippen LogP contribution in [0.2, 0.25) is 0 Å². The first-order chi connectivity index (χ1) is 8.05. The van der Waals surface area contributed by atoms with E-state index in [0.29, 0.717) is 17.3 Å². The van der Waals surface area contributed by atoms with Gasteiger partial charge in [0.1, 0.15) is 0 Å². The van der Waals surface area contributed by atoms with Crippen LogP contribution in [0.1, 0.15) is 30.9 Å². The molecule has 2 nitrogen and oxygen atoms in total. The topological polar surface area (TPSA) is 29.3 Å². The lowest BCUT2D eigenvalue weighted by Gasteiger charge is -2.12. The Labute approximate surface area is 104 Å². The fourth-order valence-corrected chi connectivity index (χ4v) is 3.63. The summed E-state index contributed by atoms with van der Waals surface area (Å²) in [4.78, 5) is 2.34. The van der Waals surface area contributed by atoms with E-state index in [1.54, 1.807) is 0 Å². The van der Waals surface area contributed by atoms with Crippen LogP contribution in [0, 0.1) is 11.3 Å². The third kappa shape index (κ3) is 1.50. The molecule has 1 saturated carbocycles. The highest BCUT2D eigenvalue weighted by Gasteiger charge is 2.57. The highest BCUT2D eigenvalue weighted by molar-refractivity contribution is 5.59. The molecule has 1 aromatic carbocycles. The van der Waals surface area contributed by atoms with Gasteiger partial charge in [-0.25, -0.2) is 0 Å². The quantitative estimate of drug-likeness (QED) is 0.845. The van der Waals surface area contributed by atoms with Gasteiger partial charge in [-0.05, 0) is 47.4 Å². The summed E-state index contributed by atoms with van der Waals surface area (Å²) in [6, 6.07) is 7.02. The fourth-order valence-electron chi connectivity index (χ4n) is 3.63. The number of fused-ring (bicyclic) bond motifs is 1. The van der Waals surface area contributed by atoms with Crippen LogP contribution in [0.25, 0.3) is 0 Å². The molecule has 1 heterocycles. The molecule has 1 fully saturated rings. The lowest BCUT2D eigenvalue weighted by Crippen LogP contribution is -2.12. The first kappa shape index (κ1) is 11.1. The van der Waals surface area contributed by atoms with Gasteiger partial charge in [-0.15, -0.1) is 0 Å². The number of hydrogen-bond acceptors (Lipinski definition) is 2. The van der Waals surface area contributed by atoms with E-state index < -0.39 is 0 Å². The molecule has 17 heavy (non-hydrogen) atoms. The summed E-state index contributed by atoms with van der Waals surface area (Å²) >= 11 is 0. The Hall–Kier alpha value is -1.02. The predicted molar refractivity (Wildman–Crippen MR) is 72.5 cm³/mol. The molecule has 0 aromatic heterocycles. The Morgan fingerprint density at radius 1 is 1.41 bits per heavy atom. The van der Waals surface area contributed by atoms with Crippen molar-refractivity contribution in [2.24, 2.45) is 17.1 Å². The minimum Gasteiger partial charge on any atom is -0.374 e. The van der Waals surface area contributed by atoms with E-state index in [0.717, 1.165) is 13.1 Å². The number of anilines is 1. The standard InChI is InChI=1S/C15H22N2/c1-15(2)12(9-16)14(15)11-4-5-13-10(8-11)6-7-17(13)3/h4-5,8,12,14H,6-7,9,16H2,1-3H3/t12-,14-/m1/s1. The van der Waals surface area contributed by atoms with E-state index >= 15 is 0 Å². The molecule has 0 amide bonds. The Morgan fingerprint density at radius 2 is 2.18 bits per heavy atom. The molecule has 0 radical (unpaired) electrons. The van der Waals surface area contributed by atoms with Crippen molar-refractivity contribution in [1.29, 1.82) is 0 Å². The van der Waals surface area contributed by atoms with Gasteiger partial charge in [0.05, 0.1) is 0 Å². The highest BCUT2D eigenvalue weighted by atomic mass is 15.1. The van der Waals surface area contributed by atoms with Crippen molar-refractivity contribution in [1.82, 2.24) is 0 Å². The summed E-state index contributed by atoms with van der Waals surface area (Å²) in [5.74, 6) is 1.34. The number of likely N-dealkylation sites (N-methyl/N-ethyl adjacent to an activating group) is 1. The first-order valence-electron chi connectivity index (χ1n) is 6.59. The van der Waals surface area contributed by atoms with Crippen LogP contribution in [0.5, 0.6) is 0 Å². The zero-order valence-electron chi connectivity index (χ0n) is 11.0. The number of hydrogen-bond donors (Lipinski definition) is 1. The second-order valence-corrected chi connectivity index (χ2v) is 6.20. The van der Waals surface area contributed by atoms with Crippen LogP contribution in [0.3, 0.4) is 0 Å². The number of benzene rings is 1. The molecular formula is C15H22N2. The van der Waals surface area contributed by atoms with E-state index in [2.05, 4.69) is 44.0 Å². The monoisotopic (exact) mass is 230 g/mol. The van der Waals surface area contributed by atoms with Crippen LogP contribution in [0.15, 0.2) is 18.2 Å². The van der Waals surface area contributed by atoms with Crippen molar-refractivity contribution < 1.29 is 0 Å². The lowest BCUT2D eigenvalue weighted by atomic mass is 10.00. The Morgan fingerprint density at radius 3 is 2.82 bits per heavy atom. The maximum Gasteiger partial charge on any atom is 0.0397 e. The van der Waals surface area contributed by atoms with Gasteiger partial charge >= 0.3 is 0 Å². The van der Waals surface area contributed by atoms with Crippen LogP contribution in [-0.4, -0.2) is 20.1 Å². The van der Waals surface area contributed by atoms with Crippen LogP contribution < -0.4 is 10.6 Å². The normalized spacial score (nSPS) is 29.3. The van der Waals surface area contributed by atoms with Gasteiger partial charge in [0.25, 0.3) is 0 Å². The summed E-state index contributed by atoms with van der Waals surface area (Å²) in [6.07, 6.45) is 1.19. The largest absolute Gasteiger partial charge is 0.374 e. The summed E-state index contributed by atoms with van der Waals surface area (Å²) in [5, 5.41) is 0. The number of nitrogens with two attached hydrogens (primary N) is 1. The van der Waals surface area contributed by atoms with Crippen molar-refractivity contribution in [3.63, 3.8) is 0 Å². The first-order valence-corrected chi connectivity index (χ1v) is 6.59. The van der Waals surface area contributed by atoms with Crippen LogP contribution in [-0.2, 0) is 6.42 Å². The molecular weight excluding hydrogens is 208 g/mol. The lowest BCUT2D eigenvalue weighted by molar-refractivity contribution is 0.558. The second kappa shape index (κ2) is 3.49. The summed E-state index contributed by atoms with van der Waals surface area (Å²) in [5.41, 5.74) is 10.7. The molecule has 92 valence electrons. The number of rotatable bonds is 2. The van der Waals surface area contributed by atoms with Crippen LogP contribution in [0.4, 0.5) is 5.69 Å². The maximum atomic E-state index is 5.86. The predicted octanol–water partition coefficient (Wildman–Crippen LogP) is 2.38. The third-order valence-corrected chi connectivity index (χ3v) is 4.89. The Balaban J connectivity index is 1.92. The summed E-state index contributed by atoms with van der Waals surface area (Å²) < 4.78 is 0. The molecule has 3 rings (SSSR count). The van der Waals surface area contributed by atoms with Crippen molar-refractivity contribution >= 4 is 5.69 Å². The summed E-state index contributed by atoms with van der Waals surface area (Å²) in [7, 11) is 2.18. The molecule has 2 N–H and O–H groups in total. The van der Waals surface area contributed by atoms with Crippen LogP contribution >= 0.6 is 0 Å². The van der Waals surface area contributed by atoms with Gasteiger partial charge in [0.2, 0.25) is 0 Å². The molecule has 2 heteroatoms. The van der Waals surface area contributed by atoms with Gasteiger partial charge < -0.3 is 10.6 Å². The smallest absolute Gasteiger partial charge is 0.0397 e. The van der Waals surface area contributed by atoms with E-state index in [4.69, 9.17) is 5.73 Å². The van der Waals surface area contributed by atoms with E-state index in [1.165, 1.54) is 23.2 Å². The second-order valence-electron chi connectivity index (χ2n) is 6.20. The van der Waals surface area contributed by atoms with Crippen molar-refractivity contribution in [2.45, 2.75) is 26.2 Å². The van der Waals surface area contributed by atoms with Gasteiger partial charge in [-0.3, -0.25) is 0 Å². The highest BCUT2D eigenvalue weighted by Crippen LogP contribution is 2.64. The molecule has 2 aliphatic rings. The molecule has 2 atom stereocenters. The average molecular weight is 230 g/mol. The number of nitrogens with zero attached hydrogens (tertiary/aromatic N) is 1. The fraction of sp³-hybridized carbons (Fsp3) is 0.600. The minimum atomic E-state index is 0.396.